The molecule has 0 radical (unpaired) electrons. The third kappa shape index (κ3) is 3.67. The molecule has 3 N–H and O–H groups in total. The predicted molar refractivity (Wildman–Crippen MR) is 94.9 cm³/mol. The number of aliphatic hydroxyl groups is 1. The summed E-state index contributed by atoms with van der Waals surface area (Å²) < 4.78 is 5.81. The first-order valence-corrected chi connectivity index (χ1v) is 9.83. The van der Waals surface area contributed by atoms with E-state index in [0.29, 0.717) is 26.0 Å². The molecule has 1 aromatic rings. The lowest BCUT2D eigenvalue weighted by Crippen LogP contribution is -2.62. The number of nitrogens with zero attached hydrogens (tertiary/aromatic N) is 1. The molecular weight excluding hydrogens is 324 g/mol. The second-order valence-corrected chi connectivity index (χ2v) is 7.98. The Hall–Kier alpha value is -0.950. The molecule has 5 nitrogen and oxygen atoms in total. The first-order valence-electron chi connectivity index (χ1n) is 8.95. The molecule has 24 heavy (non-hydrogen) atoms. The number of hydrogen-bond donors (Lipinski definition) is 2. The van der Waals surface area contributed by atoms with Gasteiger partial charge in [0.05, 0.1) is 18.8 Å². The van der Waals surface area contributed by atoms with Crippen LogP contribution in [0.2, 0.25) is 0 Å². The molecule has 1 saturated heterocycles. The van der Waals surface area contributed by atoms with Crippen LogP contribution < -0.4 is 5.73 Å². The highest BCUT2D eigenvalue weighted by Crippen LogP contribution is 2.50. The van der Waals surface area contributed by atoms with Gasteiger partial charge in [-0.3, -0.25) is 4.79 Å². The summed E-state index contributed by atoms with van der Waals surface area (Å²) in [5.41, 5.74) is 5.36. The number of aliphatic hydroxyl groups excluding tert-OH is 1. The van der Waals surface area contributed by atoms with E-state index in [1.165, 1.54) is 4.88 Å². The van der Waals surface area contributed by atoms with Crippen molar-refractivity contribution in [1.82, 2.24) is 4.90 Å². The minimum absolute atomic E-state index is 0.104. The van der Waals surface area contributed by atoms with Crippen molar-refractivity contribution >= 4 is 17.2 Å². The quantitative estimate of drug-likeness (QED) is 0.784. The van der Waals surface area contributed by atoms with Gasteiger partial charge in [-0.15, -0.1) is 11.3 Å². The van der Waals surface area contributed by atoms with Gasteiger partial charge in [0.15, 0.2) is 0 Å². The average molecular weight is 352 g/mol. The lowest BCUT2D eigenvalue weighted by molar-refractivity contribution is -0.210. The second-order valence-electron chi connectivity index (χ2n) is 6.95. The number of amides is 1. The number of aryl methyl sites for hydroxylation is 1. The number of carbonyl (C=O) groups excluding carboxylic acids is 1. The number of nitrogens with two attached hydrogens (primary N) is 1. The van der Waals surface area contributed by atoms with E-state index in [0.717, 1.165) is 38.8 Å². The third-order valence-electron chi connectivity index (χ3n) is 5.62. The Kier molecular flexibility index (Phi) is 5.92. The lowest BCUT2D eigenvalue weighted by Gasteiger charge is -2.56. The predicted octanol–water partition coefficient (Wildman–Crippen LogP) is 1.79. The molecule has 0 bridgehead atoms. The Morgan fingerprint density at radius 3 is 2.88 bits per heavy atom. The number of carbonyl (C=O) groups is 1. The van der Waals surface area contributed by atoms with Crippen molar-refractivity contribution in [2.45, 2.75) is 50.7 Å². The Bertz CT molecular complexity index is 526. The molecule has 2 atom stereocenters. The minimum Gasteiger partial charge on any atom is -0.392 e. The number of piperidine rings is 1. The van der Waals surface area contributed by atoms with Gasteiger partial charge in [0.1, 0.15) is 0 Å². The van der Waals surface area contributed by atoms with E-state index in [9.17, 15) is 9.90 Å². The Morgan fingerprint density at radius 2 is 2.25 bits per heavy atom. The van der Waals surface area contributed by atoms with Crippen molar-refractivity contribution in [3.63, 3.8) is 0 Å². The number of hydrogen-bond acceptors (Lipinski definition) is 5. The molecule has 2 aliphatic rings. The Morgan fingerprint density at radius 1 is 1.46 bits per heavy atom. The van der Waals surface area contributed by atoms with Crippen LogP contribution in [0.5, 0.6) is 0 Å². The smallest absolute Gasteiger partial charge is 0.222 e. The van der Waals surface area contributed by atoms with Gasteiger partial charge < -0.3 is 20.5 Å². The highest BCUT2D eigenvalue weighted by Gasteiger charge is 2.56. The van der Waals surface area contributed by atoms with E-state index in [2.05, 4.69) is 17.5 Å². The molecule has 6 heteroatoms. The van der Waals surface area contributed by atoms with E-state index < -0.39 is 0 Å². The minimum atomic E-state index is -0.295. The topological polar surface area (TPSA) is 75.8 Å². The number of ether oxygens (including phenoxy) is 1. The fourth-order valence-corrected chi connectivity index (χ4v) is 4.78. The fraction of sp³-hybridized carbons (Fsp3) is 0.722. The van der Waals surface area contributed by atoms with Gasteiger partial charge in [-0.2, -0.15) is 0 Å². The summed E-state index contributed by atoms with van der Waals surface area (Å²) in [6.07, 6.45) is 4.68. The van der Waals surface area contributed by atoms with Crippen LogP contribution >= 0.6 is 11.3 Å². The van der Waals surface area contributed by atoms with Gasteiger partial charge in [0.2, 0.25) is 5.91 Å². The van der Waals surface area contributed by atoms with Crippen molar-refractivity contribution in [2.24, 2.45) is 11.1 Å². The first kappa shape index (κ1) is 17.9. The van der Waals surface area contributed by atoms with Crippen LogP contribution in [0.25, 0.3) is 0 Å². The lowest BCUT2D eigenvalue weighted by atomic mass is 9.58. The van der Waals surface area contributed by atoms with Crippen LogP contribution in [0.1, 0.15) is 37.0 Å². The van der Waals surface area contributed by atoms with Crippen LogP contribution in [-0.4, -0.2) is 54.4 Å². The van der Waals surface area contributed by atoms with E-state index in [1.807, 2.05) is 4.90 Å². The zero-order valence-corrected chi connectivity index (χ0v) is 15.0. The van der Waals surface area contributed by atoms with Gasteiger partial charge in [0, 0.05) is 42.8 Å². The van der Waals surface area contributed by atoms with Gasteiger partial charge in [-0.05, 0) is 37.1 Å². The molecule has 2 fully saturated rings. The average Bonchev–Trinajstić information content (AvgIpc) is 3.12. The monoisotopic (exact) mass is 352 g/mol. The van der Waals surface area contributed by atoms with Crippen LogP contribution in [0.4, 0.5) is 0 Å². The fourth-order valence-electron chi connectivity index (χ4n) is 4.03. The summed E-state index contributed by atoms with van der Waals surface area (Å²) in [7, 11) is 0. The highest BCUT2D eigenvalue weighted by molar-refractivity contribution is 7.09. The molecule has 1 aliphatic heterocycles. The van der Waals surface area contributed by atoms with Gasteiger partial charge in [0.25, 0.3) is 0 Å². The molecular formula is C18H28N2O3S. The molecule has 1 amide bonds. The Balaban J connectivity index is 1.43. The van der Waals surface area contributed by atoms with E-state index in [1.54, 1.807) is 11.3 Å². The van der Waals surface area contributed by atoms with Crippen LogP contribution in [-0.2, 0) is 16.0 Å². The SMILES string of the molecule is NCCO[C@@H]1C[C@H](O)C12CCN(C(=O)CCCc1cccs1)CC2. The summed E-state index contributed by atoms with van der Waals surface area (Å²) in [4.78, 5) is 15.7. The van der Waals surface area contributed by atoms with Crippen molar-refractivity contribution < 1.29 is 14.6 Å². The normalized spacial score (nSPS) is 25.7. The first-order chi connectivity index (χ1) is 11.7. The summed E-state index contributed by atoms with van der Waals surface area (Å²) in [6.45, 7) is 2.52. The zero-order valence-electron chi connectivity index (χ0n) is 14.2. The van der Waals surface area contributed by atoms with Gasteiger partial charge in [-0.1, -0.05) is 6.07 Å². The molecule has 1 spiro atoms. The maximum absolute atomic E-state index is 12.4. The van der Waals surface area contributed by atoms with Crippen LogP contribution in [0.15, 0.2) is 17.5 Å². The van der Waals surface area contributed by atoms with Crippen molar-refractivity contribution in [1.29, 1.82) is 0 Å². The second kappa shape index (κ2) is 7.95. The molecule has 1 aliphatic carbocycles. The molecule has 0 aromatic carbocycles. The maximum atomic E-state index is 12.4. The van der Waals surface area contributed by atoms with Crippen molar-refractivity contribution in [2.75, 3.05) is 26.2 Å². The van der Waals surface area contributed by atoms with Crippen molar-refractivity contribution in [3.8, 4) is 0 Å². The van der Waals surface area contributed by atoms with Crippen LogP contribution in [0, 0.1) is 5.41 Å². The van der Waals surface area contributed by atoms with E-state index in [-0.39, 0.29) is 23.5 Å². The molecule has 1 saturated carbocycles. The summed E-state index contributed by atoms with van der Waals surface area (Å²) in [6, 6.07) is 4.18. The van der Waals surface area contributed by atoms with E-state index in [4.69, 9.17) is 10.5 Å². The number of rotatable bonds is 7. The third-order valence-corrected chi connectivity index (χ3v) is 6.56. The molecule has 3 rings (SSSR count). The zero-order chi connectivity index (χ0) is 17.0. The van der Waals surface area contributed by atoms with Crippen LogP contribution in [0.3, 0.4) is 0 Å². The molecule has 1 aromatic heterocycles. The molecule has 2 heterocycles. The standard InChI is InChI=1S/C18H28N2O3S/c19-8-11-23-16-13-15(21)18(16)6-9-20(10-7-18)17(22)5-1-3-14-4-2-12-24-14/h2,4,12,15-16,21H,1,3,5-11,13,19H2/t15-,16+/m0/s1. The number of thiophene rings is 1. The van der Waals surface area contributed by atoms with Gasteiger partial charge >= 0.3 is 0 Å². The summed E-state index contributed by atoms with van der Waals surface area (Å²) >= 11 is 1.75. The Labute approximate surface area is 147 Å². The van der Waals surface area contributed by atoms with E-state index >= 15 is 0 Å². The summed E-state index contributed by atoms with van der Waals surface area (Å²) in [5.74, 6) is 0.245. The summed E-state index contributed by atoms with van der Waals surface area (Å²) in [5, 5.41) is 12.3. The largest absolute Gasteiger partial charge is 0.392 e. The van der Waals surface area contributed by atoms with Gasteiger partial charge in [-0.25, -0.2) is 0 Å². The number of likely N-dealkylation sites (tertiary alicyclic amines) is 1. The molecule has 0 unspecified atom stereocenters. The molecule has 134 valence electrons. The maximum Gasteiger partial charge on any atom is 0.222 e. The van der Waals surface area contributed by atoms with Crippen molar-refractivity contribution in [3.05, 3.63) is 22.4 Å². The highest BCUT2D eigenvalue weighted by atomic mass is 32.1.